The average molecular weight is 323 g/mol. The molecule has 1 atom stereocenters. The van der Waals surface area contributed by atoms with Crippen LogP contribution in [-0.2, 0) is 0 Å². The largest absolute Gasteiger partial charge is 0.460 e. The van der Waals surface area contributed by atoms with Gasteiger partial charge in [-0.25, -0.2) is 0 Å². The molecule has 2 aromatic heterocycles. The lowest BCUT2D eigenvalue weighted by Crippen LogP contribution is -2.01. The molecule has 5 aromatic rings. The second-order valence-corrected chi connectivity index (χ2v) is 6.32. The number of fused-ring (bicyclic) bond motifs is 2. The number of rotatable bonds is 3. The monoisotopic (exact) mass is 323 g/mol. The Bertz CT molecular complexity index is 1120. The fourth-order valence-corrected chi connectivity index (χ4v) is 3.62. The number of hydrogen-bond acceptors (Lipinski definition) is 1. The van der Waals surface area contributed by atoms with Crippen molar-refractivity contribution in [3.63, 3.8) is 0 Å². The van der Waals surface area contributed by atoms with Crippen LogP contribution in [0.1, 0.15) is 22.8 Å². The van der Waals surface area contributed by atoms with E-state index in [2.05, 4.69) is 77.9 Å². The number of nitrogens with one attached hydrogen (secondary N) is 1. The third-order valence-corrected chi connectivity index (χ3v) is 4.79. The summed E-state index contributed by atoms with van der Waals surface area (Å²) < 4.78 is 6.24. The first-order valence-corrected chi connectivity index (χ1v) is 8.49. The molecule has 0 aliphatic carbocycles. The Balaban J connectivity index is 1.77. The molecule has 2 heterocycles. The van der Waals surface area contributed by atoms with Gasteiger partial charge in [-0.3, -0.25) is 0 Å². The molecule has 0 amide bonds. The van der Waals surface area contributed by atoms with E-state index in [4.69, 9.17) is 4.42 Å². The normalized spacial score (nSPS) is 12.6. The van der Waals surface area contributed by atoms with Gasteiger partial charge < -0.3 is 9.40 Å². The topological polar surface area (TPSA) is 28.9 Å². The molecule has 25 heavy (non-hydrogen) atoms. The van der Waals surface area contributed by atoms with Crippen LogP contribution in [0.3, 0.4) is 0 Å². The van der Waals surface area contributed by atoms with E-state index in [9.17, 15) is 0 Å². The molecule has 5 rings (SSSR count). The number of furan rings is 1. The predicted molar refractivity (Wildman–Crippen MR) is 102 cm³/mol. The molecule has 0 saturated carbocycles. The summed E-state index contributed by atoms with van der Waals surface area (Å²) in [6.07, 6.45) is 2.11. The highest BCUT2D eigenvalue weighted by molar-refractivity contribution is 5.85. The molecule has 0 aliphatic heterocycles. The van der Waals surface area contributed by atoms with Gasteiger partial charge in [0, 0.05) is 22.5 Å². The van der Waals surface area contributed by atoms with Crippen LogP contribution in [0, 0.1) is 0 Å². The molecule has 0 saturated heterocycles. The van der Waals surface area contributed by atoms with Crippen LogP contribution >= 0.6 is 0 Å². The molecule has 0 fully saturated rings. The third-order valence-electron chi connectivity index (χ3n) is 4.79. The van der Waals surface area contributed by atoms with Crippen LogP contribution in [-0.4, -0.2) is 4.98 Å². The highest BCUT2D eigenvalue weighted by Crippen LogP contribution is 2.38. The van der Waals surface area contributed by atoms with Crippen molar-refractivity contribution >= 4 is 21.9 Å². The number of para-hydroxylation sites is 2. The molecule has 0 radical (unpaired) electrons. The Morgan fingerprint density at radius 1 is 0.760 bits per heavy atom. The zero-order valence-electron chi connectivity index (χ0n) is 13.6. The molecule has 3 aromatic carbocycles. The molecule has 1 unspecified atom stereocenters. The number of aromatic amines is 1. The summed E-state index contributed by atoms with van der Waals surface area (Å²) >= 11 is 0. The highest BCUT2D eigenvalue weighted by atomic mass is 16.3. The Morgan fingerprint density at radius 2 is 1.52 bits per heavy atom. The molecular formula is C23H17NO. The van der Waals surface area contributed by atoms with Crippen LogP contribution in [0.25, 0.3) is 21.9 Å². The van der Waals surface area contributed by atoms with E-state index in [0.29, 0.717) is 0 Å². The van der Waals surface area contributed by atoms with E-state index in [0.717, 1.165) is 22.2 Å². The summed E-state index contributed by atoms with van der Waals surface area (Å²) in [5.41, 5.74) is 4.54. The van der Waals surface area contributed by atoms with Gasteiger partial charge in [0.05, 0.1) is 5.92 Å². The van der Waals surface area contributed by atoms with Crippen molar-refractivity contribution in [2.45, 2.75) is 5.92 Å². The van der Waals surface area contributed by atoms with Crippen molar-refractivity contribution in [1.29, 1.82) is 0 Å². The quantitative estimate of drug-likeness (QED) is 0.427. The summed E-state index contributed by atoms with van der Waals surface area (Å²) in [6.45, 7) is 0. The average Bonchev–Trinajstić information content (AvgIpc) is 3.28. The minimum Gasteiger partial charge on any atom is -0.460 e. The van der Waals surface area contributed by atoms with Gasteiger partial charge in [0.1, 0.15) is 11.3 Å². The first-order chi connectivity index (χ1) is 12.4. The predicted octanol–water partition coefficient (Wildman–Crippen LogP) is 6.09. The van der Waals surface area contributed by atoms with Crippen LogP contribution in [0.5, 0.6) is 0 Å². The van der Waals surface area contributed by atoms with Crippen molar-refractivity contribution in [3.8, 4) is 0 Å². The third kappa shape index (κ3) is 2.34. The van der Waals surface area contributed by atoms with E-state index < -0.39 is 0 Å². The zero-order valence-corrected chi connectivity index (χ0v) is 13.6. The highest BCUT2D eigenvalue weighted by Gasteiger charge is 2.23. The van der Waals surface area contributed by atoms with E-state index in [1.54, 1.807) is 0 Å². The summed E-state index contributed by atoms with van der Waals surface area (Å²) in [5, 5.41) is 2.37. The SMILES string of the molecule is c1ccc(C(c2cc3ccccc3o2)c2c[nH]c3ccccc23)cc1. The molecule has 120 valence electrons. The fourth-order valence-electron chi connectivity index (χ4n) is 3.62. The molecular weight excluding hydrogens is 306 g/mol. The van der Waals surface area contributed by atoms with E-state index in [1.165, 1.54) is 16.5 Å². The lowest BCUT2D eigenvalue weighted by atomic mass is 9.89. The first kappa shape index (κ1) is 14.1. The number of benzene rings is 3. The Morgan fingerprint density at radius 3 is 2.40 bits per heavy atom. The maximum Gasteiger partial charge on any atom is 0.134 e. The first-order valence-electron chi connectivity index (χ1n) is 8.49. The second kappa shape index (κ2) is 5.67. The molecule has 0 spiro atoms. The zero-order chi connectivity index (χ0) is 16.6. The number of hydrogen-bond donors (Lipinski definition) is 1. The molecule has 0 bridgehead atoms. The van der Waals surface area contributed by atoms with Crippen molar-refractivity contribution in [3.05, 3.63) is 108 Å². The second-order valence-electron chi connectivity index (χ2n) is 6.32. The molecule has 2 heteroatoms. The minimum atomic E-state index is 0.0600. The molecule has 2 nitrogen and oxygen atoms in total. The van der Waals surface area contributed by atoms with Crippen LogP contribution in [0.4, 0.5) is 0 Å². The van der Waals surface area contributed by atoms with Crippen molar-refractivity contribution in [1.82, 2.24) is 4.98 Å². The van der Waals surface area contributed by atoms with Gasteiger partial charge >= 0.3 is 0 Å². The van der Waals surface area contributed by atoms with E-state index in [1.807, 2.05) is 18.2 Å². The summed E-state index contributed by atoms with van der Waals surface area (Å²) in [7, 11) is 0. The lowest BCUT2D eigenvalue weighted by Gasteiger charge is -2.15. The van der Waals surface area contributed by atoms with Gasteiger partial charge in [0.2, 0.25) is 0 Å². The van der Waals surface area contributed by atoms with Crippen molar-refractivity contribution < 1.29 is 4.42 Å². The maximum atomic E-state index is 6.24. The lowest BCUT2D eigenvalue weighted by molar-refractivity contribution is 0.542. The van der Waals surface area contributed by atoms with Gasteiger partial charge in [0.15, 0.2) is 0 Å². The van der Waals surface area contributed by atoms with Crippen LogP contribution in [0.2, 0.25) is 0 Å². The Labute approximate surface area is 145 Å². The Hall–Kier alpha value is -3.26. The van der Waals surface area contributed by atoms with Gasteiger partial charge in [-0.2, -0.15) is 0 Å². The molecule has 0 aliphatic rings. The minimum absolute atomic E-state index is 0.0600. The summed E-state index contributed by atoms with van der Waals surface area (Å²) in [5.74, 6) is 1.03. The van der Waals surface area contributed by atoms with E-state index >= 15 is 0 Å². The maximum absolute atomic E-state index is 6.24. The van der Waals surface area contributed by atoms with Gasteiger partial charge in [0.25, 0.3) is 0 Å². The van der Waals surface area contributed by atoms with Crippen LogP contribution in [0.15, 0.2) is 95.5 Å². The van der Waals surface area contributed by atoms with Crippen molar-refractivity contribution in [2.75, 3.05) is 0 Å². The van der Waals surface area contributed by atoms with Crippen LogP contribution < -0.4 is 0 Å². The van der Waals surface area contributed by atoms with E-state index in [-0.39, 0.29) is 5.92 Å². The standard InChI is InChI=1S/C23H17NO/c1-2-8-16(9-3-1)23(19-15-24-20-12-6-5-11-18(19)20)22-14-17-10-4-7-13-21(17)25-22/h1-15,23-24H. The fraction of sp³-hybridized carbons (Fsp3) is 0.0435. The summed E-state index contributed by atoms with van der Waals surface area (Å²) in [4.78, 5) is 3.40. The number of aromatic nitrogens is 1. The number of H-pyrrole nitrogens is 1. The summed E-state index contributed by atoms with van der Waals surface area (Å²) in [6, 6.07) is 29.3. The smallest absolute Gasteiger partial charge is 0.134 e. The molecule has 1 N–H and O–H groups in total. The Kier molecular flexibility index (Phi) is 3.20. The van der Waals surface area contributed by atoms with Gasteiger partial charge in [-0.05, 0) is 29.3 Å². The van der Waals surface area contributed by atoms with Gasteiger partial charge in [-0.15, -0.1) is 0 Å². The van der Waals surface area contributed by atoms with Gasteiger partial charge in [-0.1, -0.05) is 66.7 Å². The van der Waals surface area contributed by atoms with Crippen molar-refractivity contribution in [2.24, 2.45) is 0 Å².